The van der Waals surface area contributed by atoms with Gasteiger partial charge in [0, 0.05) is 5.54 Å². The van der Waals surface area contributed by atoms with Crippen LogP contribution in [0.5, 0.6) is 0 Å². The summed E-state index contributed by atoms with van der Waals surface area (Å²) in [5, 5.41) is 0. The van der Waals surface area contributed by atoms with Gasteiger partial charge in [0.1, 0.15) is 0 Å². The highest BCUT2D eigenvalue weighted by Crippen LogP contribution is 2.34. The molecule has 2 fully saturated rings. The van der Waals surface area contributed by atoms with Crippen molar-refractivity contribution in [1.29, 1.82) is 0 Å². The van der Waals surface area contributed by atoms with Gasteiger partial charge < -0.3 is 9.64 Å². The molecule has 0 atom stereocenters. The molecule has 4 nitrogen and oxygen atoms in total. The van der Waals surface area contributed by atoms with E-state index < -0.39 is 0 Å². The SMILES string of the molecule is CCOC(=O)CC1(N2CCCCC2)CCN(C)CC1. The number of hydrogen-bond acceptors (Lipinski definition) is 4. The van der Waals surface area contributed by atoms with Gasteiger partial charge in [-0.2, -0.15) is 0 Å². The van der Waals surface area contributed by atoms with Crippen molar-refractivity contribution < 1.29 is 9.53 Å². The van der Waals surface area contributed by atoms with E-state index in [9.17, 15) is 4.79 Å². The largest absolute Gasteiger partial charge is 0.466 e. The summed E-state index contributed by atoms with van der Waals surface area (Å²) in [6.45, 7) is 6.88. The maximum atomic E-state index is 12.0. The number of nitrogens with zero attached hydrogens (tertiary/aromatic N) is 2. The molecule has 4 heteroatoms. The van der Waals surface area contributed by atoms with Crippen LogP contribution < -0.4 is 0 Å². The molecule has 0 spiro atoms. The van der Waals surface area contributed by atoms with Crippen LogP contribution in [0.15, 0.2) is 0 Å². The van der Waals surface area contributed by atoms with Crippen molar-refractivity contribution in [2.45, 2.75) is 51.0 Å². The molecule has 0 saturated carbocycles. The molecule has 110 valence electrons. The number of carbonyl (C=O) groups excluding carboxylic acids is 1. The maximum Gasteiger partial charge on any atom is 0.307 e. The van der Waals surface area contributed by atoms with E-state index in [0.717, 1.165) is 39.0 Å². The summed E-state index contributed by atoms with van der Waals surface area (Å²) in [5.41, 5.74) is 0.0686. The van der Waals surface area contributed by atoms with Gasteiger partial charge in [0.05, 0.1) is 13.0 Å². The zero-order valence-electron chi connectivity index (χ0n) is 12.5. The Labute approximate surface area is 117 Å². The molecule has 0 radical (unpaired) electrons. The Balaban J connectivity index is 2.05. The van der Waals surface area contributed by atoms with Gasteiger partial charge in [-0.25, -0.2) is 0 Å². The van der Waals surface area contributed by atoms with E-state index in [4.69, 9.17) is 4.74 Å². The number of hydrogen-bond donors (Lipinski definition) is 0. The smallest absolute Gasteiger partial charge is 0.307 e. The first-order valence-electron chi connectivity index (χ1n) is 7.75. The second-order valence-corrected chi connectivity index (χ2v) is 6.06. The third kappa shape index (κ3) is 3.69. The van der Waals surface area contributed by atoms with E-state index in [1.165, 1.54) is 19.3 Å². The molecule has 0 amide bonds. The average molecular weight is 268 g/mol. The van der Waals surface area contributed by atoms with Crippen molar-refractivity contribution in [3.05, 3.63) is 0 Å². The Morgan fingerprint density at radius 2 is 1.74 bits per heavy atom. The lowest BCUT2D eigenvalue weighted by Crippen LogP contribution is -2.57. The van der Waals surface area contributed by atoms with Crippen molar-refractivity contribution >= 4 is 5.97 Å². The zero-order chi connectivity index (χ0) is 13.7. The average Bonchev–Trinajstić information content (AvgIpc) is 2.43. The van der Waals surface area contributed by atoms with Gasteiger partial charge in [0.25, 0.3) is 0 Å². The van der Waals surface area contributed by atoms with Gasteiger partial charge in [0.2, 0.25) is 0 Å². The lowest BCUT2D eigenvalue weighted by atomic mass is 9.81. The second kappa shape index (κ2) is 6.71. The molecule has 2 aliphatic heterocycles. The number of piperidine rings is 2. The van der Waals surface area contributed by atoms with Crippen LogP contribution in [0.2, 0.25) is 0 Å². The van der Waals surface area contributed by atoms with Crippen molar-refractivity contribution in [1.82, 2.24) is 9.80 Å². The first-order chi connectivity index (χ1) is 9.16. The highest BCUT2D eigenvalue weighted by Gasteiger charge is 2.41. The summed E-state index contributed by atoms with van der Waals surface area (Å²) in [5.74, 6) is -0.0161. The molecule has 2 aliphatic rings. The molecule has 0 aromatic rings. The van der Waals surface area contributed by atoms with Crippen LogP contribution in [0.1, 0.15) is 45.4 Å². The highest BCUT2D eigenvalue weighted by atomic mass is 16.5. The number of esters is 1. The third-order valence-electron chi connectivity index (χ3n) is 4.72. The molecule has 0 bridgehead atoms. The minimum absolute atomic E-state index is 0.0161. The van der Waals surface area contributed by atoms with Gasteiger partial charge >= 0.3 is 5.97 Å². The summed E-state index contributed by atoms with van der Waals surface area (Å²) in [4.78, 5) is 16.9. The van der Waals surface area contributed by atoms with Gasteiger partial charge in [-0.3, -0.25) is 9.69 Å². The molecule has 19 heavy (non-hydrogen) atoms. The molecule has 0 aliphatic carbocycles. The van der Waals surface area contributed by atoms with Crippen LogP contribution in [0.3, 0.4) is 0 Å². The van der Waals surface area contributed by atoms with Crippen LogP contribution in [0, 0.1) is 0 Å². The molecule has 2 saturated heterocycles. The van der Waals surface area contributed by atoms with Gasteiger partial charge in [-0.15, -0.1) is 0 Å². The standard InChI is InChI=1S/C15H28N2O2/c1-3-19-14(18)13-15(7-11-16(2)12-8-15)17-9-5-4-6-10-17/h3-13H2,1-2H3. The quantitative estimate of drug-likeness (QED) is 0.729. The minimum Gasteiger partial charge on any atom is -0.466 e. The Hall–Kier alpha value is -0.610. The van der Waals surface area contributed by atoms with E-state index in [2.05, 4.69) is 16.8 Å². The lowest BCUT2D eigenvalue weighted by Gasteiger charge is -2.49. The van der Waals surface area contributed by atoms with E-state index in [0.29, 0.717) is 13.0 Å². The minimum atomic E-state index is -0.0161. The molecule has 2 heterocycles. The van der Waals surface area contributed by atoms with E-state index >= 15 is 0 Å². The molecular weight excluding hydrogens is 240 g/mol. The number of ether oxygens (including phenoxy) is 1. The predicted octanol–water partition coefficient (Wildman–Crippen LogP) is 1.89. The maximum absolute atomic E-state index is 12.0. The molecular formula is C15H28N2O2. The fourth-order valence-corrected chi connectivity index (χ4v) is 3.49. The second-order valence-electron chi connectivity index (χ2n) is 6.06. The fraction of sp³-hybridized carbons (Fsp3) is 0.933. The molecule has 0 aromatic heterocycles. The highest BCUT2D eigenvalue weighted by molar-refractivity contribution is 5.71. The van der Waals surface area contributed by atoms with E-state index in [1.807, 2.05) is 6.92 Å². The van der Waals surface area contributed by atoms with Crippen molar-refractivity contribution in [2.24, 2.45) is 0 Å². The van der Waals surface area contributed by atoms with Crippen molar-refractivity contribution in [3.63, 3.8) is 0 Å². The Bertz CT molecular complexity index is 293. The van der Waals surface area contributed by atoms with Crippen LogP contribution in [0.25, 0.3) is 0 Å². The van der Waals surface area contributed by atoms with Crippen LogP contribution >= 0.6 is 0 Å². The van der Waals surface area contributed by atoms with Crippen molar-refractivity contribution in [2.75, 3.05) is 39.8 Å². The Kier molecular flexibility index (Phi) is 5.22. The molecule has 0 unspecified atom stereocenters. The van der Waals surface area contributed by atoms with Crippen LogP contribution in [0.4, 0.5) is 0 Å². The van der Waals surface area contributed by atoms with Crippen LogP contribution in [-0.2, 0) is 9.53 Å². The summed E-state index contributed by atoms with van der Waals surface area (Å²) >= 11 is 0. The van der Waals surface area contributed by atoms with Crippen molar-refractivity contribution in [3.8, 4) is 0 Å². The lowest BCUT2D eigenvalue weighted by molar-refractivity contribution is -0.148. The molecule has 0 N–H and O–H groups in total. The normalized spacial score (nSPS) is 25.2. The van der Waals surface area contributed by atoms with E-state index in [-0.39, 0.29) is 11.5 Å². The fourth-order valence-electron chi connectivity index (χ4n) is 3.49. The first kappa shape index (κ1) is 14.8. The summed E-state index contributed by atoms with van der Waals surface area (Å²) in [6.07, 6.45) is 6.67. The van der Waals surface area contributed by atoms with E-state index in [1.54, 1.807) is 0 Å². The Morgan fingerprint density at radius 1 is 1.11 bits per heavy atom. The van der Waals surface area contributed by atoms with Gasteiger partial charge in [-0.1, -0.05) is 6.42 Å². The first-order valence-corrected chi connectivity index (χ1v) is 7.75. The summed E-state index contributed by atoms with van der Waals surface area (Å²) in [7, 11) is 2.17. The van der Waals surface area contributed by atoms with Crippen LogP contribution in [-0.4, -0.2) is 61.1 Å². The monoisotopic (exact) mass is 268 g/mol. The summed E-state index contributed by atoms with van der Waals surface area (Å²) < 4.78 is 5.21. The van der Waals surface area contributed by atoms with Gasteiger partial charge in [0.15, 0.2) is 0 Å². The number of likely N-dealkylation sites (tertiary alicyclic amines) is 2. The molecule has 0 aromatic carbocycles. The zero-order valence-corrected chi connectivity index (χ0v) is 12.5. The van der Waals surface area contributed by atoms with Gasteiger partial charge in [-0.05, 0) is 65.8 Å². The number of rotatable bonds is 4. The molecule has 2 rings (SSSR count). The predicted molar refractivity (Wildman–Crippen MR) is 76.1 cm³/mol. The Morgan fingerprint density at radius 3 is 2.32 bits per heavy atom. The third-order valence-corrected chi connectivity index (χ3v) is 4.72. The summed E-state index contributed by atoms with van der Waals surface area (Å²) in [6, 6.07) is 0. The topological polar surface area (TPSA) is 32.8 Å². The number of carbonyl (C=O) groups is 1.